The molecule has 0 saturated carbocycles. The van der Waals surface area contributed by atoms with Crippen molar-refractivity contribution in [1.29, 1.82) is 0 Å². The van der Waals surface area contributed by atoms with E-state index in [0.29, 0.717) is 0 Å². The molecule has 0 amide bonds. The van der Waals surface area contributed by atoms with Crippen LogP contribution in [-0.2, 0) is 0 Å². The van der Waals surface area contributed by atoms with Crippen LogP contribution in [0.25, 0.3) is 0 Å². The molecule has 0 heterocycles. The molecule has 13 heavy (non-hydrogen) atoms. The second-order valence-corrected chi connectivity index (χ2v) is 4.34. The molecule has 0 radical (unpaired) electrons. The minimum absolute atomic E-state index is 0.811. The minimum Gasteiger partial charge on any atom is -0.0999 e. The molecule has 0 N–H and O–H groups in total. The Hall–Kier alpha value is -0.520. The first-order valence-electron chi connectivity index (χ1n) is 5.57. The zero-order valence-corrected chi connectivity index (χ0v) is 9.05. The predicted octanol–water partition coefficient (Wildman–Crippen LogP) is 4.34. The van der Waals surface area contributed by atoms with Gasteiger partial charge in [-0.25, -0.2) is 0 Å². The molecule has 0 nitrogen and oxygen atoms in total. The molecule has 0 bridgehead atoms. The zero-order valence-electron chi connectivity index (χ0n) is 9.05. The maximum absolute atomic E-state index is 4.05. The van der Waals surface area contributed by atoms with E-state index in [9.17, 15) is 0 Å². The quantitative estimate of drug-likeness (QED) is 0.562. The van der Waals surface area contributed by atoms with Crippen molar-refractivity contribution in [3.63, 3.8) is 0 Å². The largest absolute Gasteiger partial charge is 0.0999 e. The van der Waals surface area contributed by atoms with E-state index >= 15 is 0 Å². The summed E-state index contributed by atoms with van der Waals surface area (Å²) >= 11 is 0. The van der Waals surface area contributed by atoms with Gasteiger partial charge in [0.25, 0.3) is 0 Å². The standard InChI is InChI=1S/C13H22/c1-4-11(2)5-8-13-9-6-12(3)7-10-13/h6,9,12-13H,2,4-5,7-8,10H2,1,3H3/t12-,13+/m1/s1. The Labute approximate surface area is 82.7 Å². The van der Waals surface area contributed by atoms with Gasteiger partial charge in [0.1, 0.15) is 0 Å². The van der Waals surface area contributed by atoms with Gasteiger partial charge in [-0.15, -0.1) is 0 Å². The topological polar surface area (TPSA) is 0 Å². The van der Waals surface area contributed by atoms with Crippen molar-refractivity contribution in [3.05, 3.63) is 24.3 Å². The highest BCUT2D eigenvalue weighted by molar-refractivity contribution is 4.99. The van der Waals surface area contributed by atoms with E-state index in [1.807, 2.05) is 0 Å². The molecule has 0 fully saturated rings. The van der Waals surface area contributed by atoms with Crippen molar-refractivity contribution in [1.82, 2.24) is 0 Å². The molecule has 0 heteroatoms. The molecule has 0 spiro atoms. The summed E-state index contributed by atoms with van der Waals surface area (Å²) < 4.78 is 0. The van der Waals surface area contributed by atoms with Gasteiger partial charge in [0.15, 0.2) is 0 Å². The lowest BCUT2D eigenvalue weighted by atomic mass is 9.86. The first-order chi connectivity index (χ1) is 6.22. The van der Waals surface area contributed by atoms with Gasteiger partial charge < -0.3 is 0 Å². The van der Waals surface area contributed by atoms with E-state index in [-0.39, 0.29) is 0 Å². The van der Waals surface area contributed by atoms with Crippen molar-refractivity contribution in [2.24, 2.45) is 11.8 Å². The molecule has 74 valence electrons. The summed E-state index contributed by atoms with van der Waals surface area (Å²) in [5.74, 6) is 1.64. The fourth-order valence-corrected chi connectivity index (χ4v) is 1.82. The highest BCUT2D eigenvalue weighted by atomic mass is 14.2. The van der Waals surface area contributed by atoms with Crippen LogP contribution in [-0.4, -0.2) is 0 Å². The van der Waals surface area contributed by atoms with E-state index < -0.39 is 0 Å². The number of allylic oxidation sites excluding steroid dienone is 3. The average Bonchev–Trinajstić information content (AvgIpc) is 2.16. The zero-order chi connectivity index (χ0) is 9.68. The van der Waals surface area contributed by atoms with Crippen LogP contribution in [0.15, 0.2) is 24.3 Å². The summed E-state index contributed by atoms with van der Waals surface area (Å²) in [5.41, 5.74) is 1.41. The summed E-state index contributed by atoms with van der Waals surface area (Å²) in [6, 6.07) is 0. The molecule has 0 aromatic carbocycles. The average molecular weight is 178 g/mol. The monoisotopic (exact) mass is 178 g/mol. The maximum Gasteiger partial charge on any atom is -0.0230 e. The van der Waals surface area contributed by atoms with Crippen molar-refractivity contribution in [3.8, 4) is 0 Å². The molecule has 0 aliphatic heterocycles. The third kappa shape index (κ3) is 3.80. The van der Waals surface area contributed by atoms with Crippen LogP contribution in [0.1, 0.15) is 46.0 Å². The van der Waals surface area contributed by atoms with Crippen molar-refractivity contribution < 1.29 is 0 Å². The van der Waals surface area contributed by atoms with E-state index in [4.69, 9.17) is 0 Å². The lowest BCUT2D eigenvalue weighted by Crippen LogP contribution is -2.06. The summed E-state index contributed by atoms with van der Waals surface area (Å²) in [5, 5.41) is 0. The van der Waals surface area contributed by atoms with Crippen molar-refractivity contribution >= 4 is 0 Å². The summed E-state index contributed by atoms with van der Waals surface area (Å²) in [7, 11) is 0. The van der Waals surface area contributed by atoms with Crippen LogP contribution < -0.4 is 0 Å². The van der Waals surface area contributed by atoms with Crippen LogP contribution >= 0.6 is 0 Å². The Morgan fingerprint density at radius 3 is 2.69 bits per heavy atom. The predicted molar refractivity (Wildman–Crippen MR) is 59.7 cm³/mol. The molecular formula is C13H22. The van der Waals surface area contributed by atoms with Gasteiger partial charge in [0.2, 0.25) is 0 Å². The number of hydrogen-bond acceptors (Lipinski definition) is 0. The molecule has 1 aliphatic carbocycles. The molecule has 0 aromatic heterocycles. The van der Waals surface area contributed by atoms with Gasteiger partial charge in [-0.05, 0) is 43.9 Å². The molecular weight excluding hydrogens is 156 g/mol. The van der Waals surface area contributed by atoms with E-state index in [1.165, 1.54) is 31.3 Å². The lowest BCUT2D eigenvalue weighted by Gasteiger charge is -2.20. The van der Waals surface area contributed by atoms with Gasteiger partial charge >= 0.3 is 0 Å². The van der Waals surface area contributed by atoms with Crippen LogP contribution in [0.4, 0.5) is 0 Å². The van der Waals surface area contributed by atoms with Gasteiger partial charge in [0, 0.05) is 0 Å². The summed E-state index contributed by atoms with van der Waals surface area (Å²) in [6.45, 7) is 8.55. The van der Waals surface area contributed by atoms with Crippen LogP contribution in [0.5, 0.6) is 0 Å². The number of hydrogen-bond donors (Lipinski definition) is 0. The Kier molecular flexibility index (Phi) is 4.27. The Morgan fingerprint density at radius 1 is 1.38 bits per heavy atom. The molecule has 1 aliphatic rings. The Morgan fingerprint density at radius 2 is 2.15 bits per heavy atom. The fourth-order valence-electron chi connectivity index (χ4n) is 1.82. The second-order valence-electron chi connectivity index (χ2n) is 4.34. The molecule has 1 rings (SSSR count). The Balaban J connectivity index is 2.23. The first kappa shape index (κ1) is 10.6. The van der Waals surface area contributed by atoms with E-state index in [0.717, 1.165) is 18.3 Å². The molecule has 2 atom stereocenters. The third-order valence-electron chi connectivity index (χ3n) is 3.07. The van der Waals surface area contributed by atoms with Gasteiger partial charge in [-0.3, -0.25) is 0 Å². The SMILES string of the molecule is C=C(CC)CC[C@H]1C=C[C@@H](C)CC1. The van der Waals surface area contributed by atoms with Crippen LogP contribution in [0.2, 0.25) is 0 Å². The molecule has 0 saturated heterocycles. The maximum atomic E-state index is 4.05. The fraction of sp³-hybridized carbons (Fsp3) is 0.692. The van der Waals surface area contributed by atoms with E-state index in [1.54, 1.807) is 0 Å². The highest BCUT2D eigenvalue weighted by Crippen LogP contribution is 2.26. The van der Waals surface area contributed by atoms with Crippen LogP contribution in [0.3, 0.4) is 0 Å². The van der Waals surface area contributed by atoms with Crippen molar-refractivity contribution in [2.45, 2.75) is 46.0 Å². The number of rotatable bonds is 4. The van der Waals surface area contributed by atoms with Gasteiger partial charge in [-0.1, -0.05) is 38.2 Å². The minimum atomic E-state index is 0.811. The Bertz CT molecular complexity index is 188. The smallest absolute Gasteiger partial charge is 0.0230 e. The highest BCUT2D eigenvalue weighted by Gasteiger charge is 2.12. The van der Waals surface area contributed by atoms with Gasteiger partial charge in [-0.2, -0.15) is 0 Å². The second kappa shape index (κ2) is 5.26. The molecule has 0 aromatic rings. The van der Waals surface area contributed by atoms with Crippen LogP contribution in [0, 0.1) is 11.8 Å². The van der Waals surface area contributed by atoms with E-state index in [2.05, 4.69) is 32.6 Å². The first-order valence-corrected chi connectivity index (χ1v) is 5.57. The molecule has 0 unspecified atom stereocenters. The van der Waals surface area contributed by atoms with Gasteiger partial charge in [0.05, 0.1) is 0 Å². The third-order valence-corrected chi connectivity index (χ3v) is 3.07. The summed E-state index contributed by atoms with van der Waals surface area (Å²) in [4.78, 5) is 0. The lowest BCUT2D eigenvalue weighted by molar-refractivity contribution is 0.452. The van der Waals surface area contributed by atoms with Crippen molar-refractivity contribution in [2.75, 3.05) is 0 Å². The normalized spacial score (nSPS) is 27.5. The summed E-state index contributed by atoms with van der Waals surface area (Å²) in [6.07, 6.45) is 11.2.